The van der Waals surface area contributed by atoms with Crippen LogP contribution in [0, 0.1) is 0 Å². The van der Waals surface area contributed by atoms with Crippen molar-refractivity contribution in [1.29, 1.82) is 0 Å². The number of carbonyl (C=O) groups excluding carboxylic acids is 2. The van der Waals surface area contributed by atoms with E-state index in [1.807, 2.05) is 73.3 Å². The molecule has 1 heterocycles. The van der Waals surface area contributed by atoms with Gasteiger partial charge in [0, 0.05) is 20.1 Å². The second-order valence-corrected chi connectivity index (χ2v) is 6.35. The molecule has 0 bridgehead atoms. The van der Waals surface area contributed by atoms with Crippen LogP contribution in [0.15, 0.2) is 60.3 Å². The molecule has 2 aromatic carbocycles. The van der Waals surface area contributed by atoms with E-state index in [1.165, 1.54) is 11.9 Å². The van der Waals surface area contributed by atoms with E-state index in [9.17, 15) is 9.59 Å². The lowest BCUT2D eigenvalue weighted by Crippen LogP contribution is -2.32. The predicted molar refractivity (Wildman–Crippen MR) is 105 cm³/mol. The van der Waals surface area contributed by atoms with Gasteiger partial charge in [-0.2, -0.15) is 0 Å². The van der Waals surface area contributed by atoms with Crippen LogP contribution in [0.25, 0.3) is 5.57 Å². The van der Waals surface area contributed by atoms with Crippen molar-refractivity contribution in [2.24, 2.45) is 0 Å². The highest BCUT2D eigenvalue weighted by Gasteiger charge is 2.39. The molecule has 0 unspecified atom stereocenters. The number of hydrogen-bond acceptors (Lipinski definition) is 4. The van der Waals surface area contributed by atoms with Crippen LogP contribution in [-0.4, -0.2) is 41.8 Å². The van der Waals surface area contributed by atoms with E-state index in [4.69, 9.17) is 4.74 Å². The van der Waals surface area contributed by atoms with Crippen LogP contribution in [-0.2, 0) is 16.1 Å². The topological polar surface area (TPSA) is 49.9 Å². The number of hydrogen-bond donors (Lipinski definition) is 0. The number of ether oxygens (including phenoxy) is 1. The van der Waals surface area contributed by atoms with Crippen molar-refractivity contribution in [1.82, 2.24) is 9.80 Å². The molecular weight excluding hydrogens is 340 g/mol. The van der Waals surface area contributed by atoms with Gasteiger partial charge in [-0.25, -0.2) is 0 Å². The zero-order chi connectivity index (χ0) is 19.4. The Hall–Kier alpha value is -3.08. The zero-order valence-electron chi connectivity index (χ0n) is 15.9. The molecule has 140 valence electrons. The van der Waals surface area contributed by atoms with Crippen LogP contribution in [0.2, 0.25) is 0 Å². The van der Waals surface area contributed by atoms with E-state index in [0.29, 0.717) is 31.0 Å². The van der Waals surface area contributed by atoms with Gasteiger partial charge in [-0.3, -0.25) is 14.5 Å². The summed E-state index contributed by atoms with van der Waals surface area (Å²) in [6.45, 7) is 5.68. The van der Waals surface area contributed by atoms with Gasteiger partial charge in [-0.1, -0.05) is 42.5 Å². The molecule has 1 aliphatic heterocycles. The molecule has 5 nitrogen and oxygen atoms in total. The quantitative estimate of drug-likeness (QED) is 0.707. The van der Waals surface area contributed by atoms with E-state index in [2.05, 4.69) is 0 Å². The summed E-state index contributed by atoms with van der Waals surface area (Å²) in [5.74, 6) is 0.206. The predicted octanol–water partition coefficient (Wildman–Crippen LogP) is 3.32. The van der Waals surface area contributed by atoms with Crippen molar-refractivity contribution < 1.29 is 14.3 Å². The first-order valence-electron chi connectivity index (χ1n) is 9.15. The number of nitrogens with zero attached hydrogens (tertiary/aromatic N) is 2. The first-order chi connectivity index (χ1) is 13.1. The Labute approximate surface area is 159 Å². The van der Waals surface area contributed by atoms with Crippen molar-refractivity contribution in [3.05, 3.63) is 71.4 Å². The summed E-state index contributed by atoms with van der Waals surface area (Å²) in [7, 11) is 1.53. The molecular formula is C22H24N2O3. The van der Waals surface area contributed by atoms with E-state index >= 15 is 0 Å². The number of carbonyl (C=O) groups is 2. The van der Waals surface area contributed by atoms with E-state index in [-0.39, 0.29) is 11.8 Å². The maximum atomic E-state index is 12.8. The van der Waals surface area contributed by atoms with Crippen molar-refractivity contribution in [3.63, 3.8) is 0 Å². The third-order valence-electron chi connectivity index (χ3n) is 4.63. The number of imide groups is 1. The summed E-state index contributed by atoms with van der Waals surface area (Å²) < 4.78 is 5.48. The zero-order valence-corrected chi connectivity index (χ0v) is 15.9. The Balaban J connectivity index is 2.02. The number of likely N-dealkylation sites (N-methyl/N-ethyl adjacent to an activating group) is 2. The lowest BCUT2D eigenvalue weighted by atomic mass is 10.0. The Morgan fingerprint density at radius 2 is 1.59 bits per heavy atom. The Bertz CT molecular complexity index is 857. The summed E-state index contributed by atoms with van der Waals surface area (Å²) in [4.78, 5) is 28.8. The van der Waals surface area contributed by atoms with Crippen LogP contribution in [0.5, 0.6) is 5.75 Å². The SMILES string of the molecule is CCOc1ccc(C2=C(N(CC)Cc3ccccc3)C(=O)N(C)C2=O)cc1. The highest BCUT2D eigenvalue weighted by Crippen LogP contribution is 2.32. The number of rotatable bonds is 7. The van der Waals surface area contributed by atoms with Crippen molar-refractivity contribution >= 4 is 17.4 Å². The highest BCUT2D eigenvalue weighted by molar-refractivity contribution is 6.35. The Morgan fingerprint density at radius 3 is 2.19 bits per heavy atom. The minimum absolute atomic E-state index is 0.262. The fraction of sp³-hybridized carbons (Fsp3) is 0.273. The van der Waals surface area contributed by atoms with Crippen LogP contribution < -0.4 is 4.74 Å². The maximum absolute atomic E-state index is 12.8. The molecule has 0 aliphatic carbocycles. The molecule has 0 saturated carbocycles. The molecule has 0 N–H and O–H groups in total. The standard InChI is InChI=1S/C22H24N2O3/c1-4-24(15-16-9-7-6-8-10-16)20-19(21(25)23(3)22(20)26)17-11-13-18(14-12-17)27-5-2/h6-14H,4-5,15H2,1-3H3. The van der Waals surface area contributed by atoms with Crippen molar-refractivity contribution in [2.45, 2.75) is 20.4 Å². The molecule has 0 aromatic heterocycles. The molecule has 0 fully saturated rings. The molecule has 0 saturated heterocycles. The fourth-order valence-electron chi connectivity index (χ4n) is 3.22. The fourth-order valence-corrected chi connectivity index (χ4v) is 3.22. The average Bonchev–Trinajstić information content (AvgIpc) is 2.92. The van der Waals surface area contributed by atoms with Gasteiger partial charge in [0.15, 0.2) is 0 Å². The van der Waals surface area contributed by atoms with E-state index in [0.717, 1.165) is 16.9 Å². The summed E-state index contributed by atoms with van der Waals surface area (Å²) in [6, 6.07) is 17.3. The normalized spacial score (nSPS) is 14.1. The molecule has 0 spiro atoms. The van der Waals surface area contributed by atoms with Crippen LogP contribution in [0.3, 0.4) is 0 Å². The van der Waals surface area contributed by atoms with Crippen LogP contribution in [0.4, 0.5) is 0 Å². The Kier molecular flexibility index (Phi) is 5.60. The third-order valence-corrected chi connectivity index (χ3v) is 4.63. The van der Waals surface area contributed by atoms with Crippen molar-refractivity contribution in [2.75, 3.05) is 20.2 Å². The molecule has 5 heteroatoms. The number of benzene rings is 2. The first kappa shape index (κ1) is 18.7. The van der Waals surface area contributed by atoms with E-state index < -0.39 is 0 Å². The number of amides is 2. The third kappa shape index (κ3) is 3.72. The average molecular weight is 364 g/mol. The molecule has 0 atom stereocenters. The maximum Gasteiger partial charge on any atom is 0.277 e. The molecule has 2 amide bonds. The second-order valence-electron chi connectivity index (χ2n) is 6.35. The monoisotopic (exact) mass is 364 g/mol. The summed E-state index contributed by atoms with van der Waals surface area (Å²) in [5, 5.41) is 0. The molecule has 27 heavy (non-hydrogen) atoms. The second kappa shape index (κ2) is 8.08. The molecule has 2 aromatic rings. The van der Waals surface area contributed by atoms with Crippen LogP contribution >= 0.6 is 0 Å². The lowest BCUT2D eigenvalue weighted by molar-refractivity contribution is -0.135. The van der Waals surface area contributed by atoms with Gasteiger partial charge < -0.3 is 9.64 Å². The molecule has 0 radical (unpaired) electrons. The first-order valence-corrected chi connectivity index (χ1v) is 9.15. The largest absolute Gasteiger partial charge is 0.494 e. The summed E-state index contributed by atoms with van der Waals surface area (Å²) in [6.07, 6.45) is 0. The summed E-state index contributed by atoms with van der Waals surface area (Å²) in [5.41, 5.74) is 2.72. The molecule has 3 rings (SSSR count). The minimum atomic E-state index is -0.273. The smallest absolute Gasteiger partial charge is 0.277 e. The van der Waals surface area contributed by atoms with Gasteiger partial charge in [0.1, 0.15) is 11.4 Å². The van der Waals surface area contributed by atoms with Gasteiger partial charge in [0.2, 0.25) is 0 Å². The van der Waals surface area contributed by atoms with Crippen LogP contribution in [0.1, 0.15) is 25.0 Å². The van der Waals surface area contributed by atoms with Gasteiger partial charge in [-0.05, 0) is 37.1 Å². The highest BCUT2D eigenvalue weighted by atomic mass is 16.5. The Morgan fingerprint density at radius 1 is 0.926 bits per heavy atom. The molecule has 1 aliphatic rings. The van der Waals surface area contributed by atoms with Gasteiger partial charge >= 0.3 is 0 Å². The van der Waals surface area contributed by atoms with Gasteiger partial charge in [0.05, 0.1) is 12.2 Å². The van der Waals surface area contributed by atoms with Gasteiger partial charge in [0.25, 0.3) is 11.8 Å². The lowest BCUT2D eigenvalue weighted by Gasteiger charge is -2.24. The van der Waals surface area contributed by atoms with Gasteiger partial charge in [-0.15, -0.1) is 0 Å². The van der Waals surface area contributed by atoms with E-state index in [1.54, 1.807) is 0 Å². The van der Waals surface area contributed by atoms with Crippen molar-refractivity contribution in [3.8, 4) is 5.75 Å². The summed E-state index contributed by atoms with van der Waals surface area (Å²) >= 11 is 0. The minimum Gasteiger partial charge on any atom is -0.494 e.